The maximum Gasteiger partial charge on any atom is 0.304 e. The van der Waals surface area contributed by atoms with Crippen molar-refractivity contribution in [3.63, 3.8) is 0 Å². The highest BCUT2D eigenvalue weighted by Crippen LogP contribution is 2.22. The molecule has 0 fully saturated rings. The van der Waals surface area contributed by atoms with Crippen LogP contribution in [-0.4, -0.2) is 28.0 Å². The summed E-state index contributed by atoms with van der Waals surface area (Å²) in [6, 6.07) is 4.06. The number of rotatable bonds is 6. The first kappa shape index (κ1) is 16.6. The van der Waals surface area contributed by atoms with E-state index in [0.717, 1.165) is 16.8 Å². The van der Waals surface area contributed by atoms with Gasteiger partial charge in [0.05, 0.1) is 12.2 Å². The van der Waals surface area contributed by atoms with E-state index < -0.39 is 5.97 Å². The minimum atomic E-state index is -0.837. The Morgan fingerprint density at radius 2 is 1.80 bits per heavy atom. The van der Waals surface area contributed by atoms with E-state index in [-0.39, 0.29) is 23.3 Å². The summed E-state index contributed by atoms with van der Waals surface area (Å²) in [6.07, 6.45) is 0.0700. The predicted molar refractivity (Wildman–Crippen MR) is 83.5 cm³/mol. The Morgan fingerprint density at radius 3 is 2.30 bits per heavy atom. The molecule has 0 heterocycles. The number of anilines is 1. The molecule has 1 unspecified atom stereocenters. The summed E-state index contributed by atoms with van der Waals surface area (Å²) >= 11 is 1.35. The van der Waals surface area contributed by atoms with Gasteiger partial charge in [0.15, 0.2) is 0 Å². The van der Waals surface area contributed by atoms with Gasteiger partial charge in [0, 0.05) is 10.9 Å². The molecule has 0 aliphatic rings. The molecule has 110 valence electrons. The van der Waals surface area contributed by atoms with E-state index in [1.807, 2.05) is 39.8 Å². The van der Waals surface area contributed by atoms with Crippen LogP contribution in [0.3, 0.4) is 0 Å². The van der Waals surface area contributed by atoms with Crippen molar-refractivity contribution in [2.75, 3.05) is 11.1 Å². The smallest absolute Gasteiger partial charge is 0.304 e. The molecule has 4 nitrogen and oxygen atoms in total. The van der Waals surface area contributed by atoms with Gasteiger partial charge in [0.25, 0.3) is 0 Å². The molecule has 0 bridgehead atoms. The number of carboxylic acids is 1. The quantitative estimate of drug-likeness (QED) is 0.846. The first-order chi connectivity index (χ1) is 9.29. The molecule has 2 N–H and O–H groups in total. The first-order valence-electron chi connectivity index (χ1n) is 6.50. The standard InChI is InChI=1S/C15H21NO3S/c1-9-5-10(2)15(11(3)6-9)16-13(17)8-20-12(4)7-14(18)19/h5-6,12H,7-8H2,1-4H3,(H,16,17)(H,18,19). The SMILES string of the molecule is Cc1cc(C)c(NC(=O)CSC(C)CC(=O)O)c(C)c1. The van der Waals surface area contributed by atoms with E-state index in [9.17, 15) is 9.59 Å². The third kappa shape index (κ3) is 5.25. The Balaban J connectivity index is 2.57. The molecular formula is C15H21NO3S. The topological polar surface area (TPSA) is 66.4 Å². The zero-order chi connectivity index (χ0) is 15.3. The van der Waals surface area contributed by atoms with Crippen LogP contribution in [-0.2, 0) is 9.59 Å². The summed E-state index contributed by atoms with van der Waals surface area (Å²) in [5.41, 5.74) is 4.11. The molecule has 0 saturated carbocycles. The number of carbonyl (C=O) groups excluding carboxylic acids is 1. The molecule has 1 rings (SSSR count). The van der Waals surface area contributed by atoms with Gasteiger partial charge in [0.1, 0.15) is 0 Å². The van der Waals surface area contributed by atoms with Gasteiger partial charge in [-0.1, -0.05) is 24.6 Å². The second kappa shape index (κ2) is 7.33. The molecule has 1 aromatic carbocycles. The molecule has 1 amide bonds. The van der Waals surface area contributed by atoms with Crippen LogP contribution >= 0.6 is 11.8 Å². The van der Waals surface area contributed by atoms with Crippen molar-refractivity contribution in [1.29, 1.82) is 0 Å². The van der Waals surface area contributed by atoms with E-state index >= 15 is 0 Å². The van der Waals surface area contributed by atoms with E-state index in [1.54, 1.807) is 0 Å². The molecule has 5 heteroatoms. The zero-order valence-corrected chi connectivity index (χ0v) is 13.1. The van der Waals surface area contributed by atoms with Crippen molar-refractivity contribution in [1.82, 2.24) is 0 Å². The van der Waals surface area contributed by atoms with Crippen molar-refractivity contribution < 1.29 is 14.7 Å². The Bertz CT molecular complexity index is 491. The lowest BCUT2D eigenvalue weighted by atomic mass is 10.1. The molecule has 1 atom stereocenters. The first-order valence-corrected chi connectivity index (χ1v) is 7.55. The summed E-state index contributed by atoms with van der Waals surface area (Å²) in [6.45, 7) is 7.77. The van der Waals surface area contributed by atoms with E-state index in [2.05, 4.69) is 5.32 Å². The molecule has 0 aromatic heterocycles. The van der Waals surface area contributed by atoms with Crippen LogP contribution in [0.5, 0.6) is 0 Å². The number of nitrogens with one attached hydrogen (secondary N) is 1. The average Bonchev–Trinajstić information content (AvgIpc) is 2.30. The Kier molecular flexibility index (Phi) is 6.07. The predicted octanol–water partition coefficient (Wildman–Crippen LogP) is 3.15. The monoisotopic (exact) mass is 295 g/mol. The zero-order valence-electron chi connectivity index (χ0n) is 12.3. The minimum absolute atomic E-state index is 0.0700. The Morgan fingerprint density at radius 1 is 1.25 bits per heavy atom. The van der Waals surface area contributed by atoms with Crippen molar-refractivity contribution in [2.24, 2.45) is 0 Å². The summed E-state index contributed by atoms with van der Waals surface area (Å²) in [7, 11) is 0. The highest BCUT2D eigenvalue weighted by atomic mass is 32.2. The van der Waals surface area contributed by atoms with Gasteiger partial charge >= 0.3 is 5.97 Å². The fourth-order valence-electron chi connectivity index (χ4n) is 2.08. The van der Waals surface area contributed by atoms with Gasteiger partial charge in [-0.05, 0) is 31.9 Å². The summed E-state index contributed by atoms with van der Waals surface area (Å²) < 4.78 is 0. The van der Waals surface area contributed by atoms with Gasteiger partial charge in [0.2, 0.25) is 5.91 Å². The van der Waals surface area contributed by atoms with Crippen LogP contribution in [0.15, 0.2) is 12.1 Å². The van der Waals surface area contributed by atoms with Crippen LogP contribution in [0, 0.1) is 20.8 Å². The summed E-state index contributed by atoms with van der Waals surface area (Å²) in [5, 5.41) is 11.5. The second-order valence-electron chi connectivity index (χ2n) is 5.04. The number of hydrogen-bond acceptors (Lipinski definition) is 3. The van der Waals surface area contributed by atoms with Crippen molar-refractivity contribution in [2.45, 2.75) is 39.4 Å². The van der Waals surface area contributed by atoms with Crippen LogP contribution < -0.4 is 5.32 Å². The molecule has 0 saturated heterocycles. The third-order valence-corrected chi connectivity index (χ3v) is 4.07. The molecule has 0 radical (unpaired) electrons. The van der Waals surface area contributed by atoms with Gasteiger partial charge in [-0.3, -0.25) is 9.59 Å². The third-order valence-electron chi connectivity index (χ3n) is 2.90. The van der Waals surface area contributed by atoms with Crippen LogP contribution in [0.1, 0.15) is 30.0 Å². The largest absolute Gasteiger partial charge is 0.481 e. The molecule has 20 heavy (non-hydrogen) atoms. The number of thioether (sulfide) groups is 1. The lowest BCUT2D eigenvalue weighted by Crippen LogP contribution is -2.18. The van der Waals surface area contributed by atoms with E-state index in [4.69, 9.17) is 5.11 Å². The lowest BCUT2D eigenvalue weighted by Gasteiger charge is -2.13. The van der Waals surface area contributed by atoms with E-state index in [0.29, 0.717) is 0 Å². The second-order valence-corrected chi connectivity index (χ2v) is 6.47. The minimum Gasteiger partial charge on any atom is -0.481 e. The van der Waals surface area contributed by atoms with Gasteiger partial charge < -0.3 is 10.4 Å². The highest BCUT2D eigenvalue weighted by molar-refractivity contribution is 8.00. The highest BCUT2D eigenvalue weighted by Gasteiger charge is 2.12. The summed E-state index contributed by atoms with van der Waals surface area (Å²) in [4.78, 5) is 22.5. The number of hydrogen-bond donors (Lipinski definition) is 2. The summed E-state index contributed by atoms with van der Waals surface area (Å²) in [5.74, 6) is -0.667. The molecule has 1 aromatic rings. The fourth-order valence-corrected chi connectivity index (χ4v) is 2.84. The fraction of sp³-hybridized carbons (Fsp3) is 0.467. The molecule has 0 aliphatic carbocycles. The molecule has 0 spiro atoms. The normalized spacial score (nSPS) is 12.0. The van der Waals surface area contributed by atoms with Crippen LogP contribution in [0.4, 0.5) is 5.69 Å². The number of benzene rings is 1. The average molecular weight is 295 g/mol. The Hall–Kier alpha value is -1.49. The van der Waals surface area contributed by atoms with E-state index in [1.165, 1.54) is 17.3 Å². The van der Waals surface area contributed by atoms with Gasteiger partial charge in [-0.25, -0.2) is 0 Å². The van der Waals surface area contributed by atoms with Crippen molar-refractivity contribution >= 4 is 29.3 Å². The Labute approximate surface area is 124 Å². The molecule has 0 aliphatic heterocycles. The number of carbonyl (C=O) groups is 2. The van der Waals surface area contributed by atoms with Gasteiger partial charge in [-0.15, -0.1) is 11.8 Å². The number of aliphatic carboxylic acids is 1. The number of carboxylic acid groups (broad SMARTS) is 1. The number of aryl methyl sites for hydroxylation is 3. The van der Waals surface area contributed by atoms with Crippen molar-refractivity contribution in [3.8, 4) is 0 Å². The number of amides is 1. The van der Waals surface area contributed by atoms with Crippen LogP contribution in [0.2, 0.25) is 0 Å². The van der Waals surface area contributed by atoms with Crippen LogP contribution in [0.25, 0.3) is 0 Å². The maximum atomic E-state index is 11.9. The maximum absolute atomic E-state index is 11.9. The van der Waals surface area contributed by atoms with Gasteiger partial charge in [-0.2, -0.15) is 0 Å². The van der Waals surface area contributed by atoms with Crippen molar-refractivity contribution in [3.05, 3.63) is 28.8 Å². The molecular weight excluding hydrogens is 274 g/mol. The lowest BCUT2D eigenvalue weighted by molar-refractivity contribution is -0.136.